The van der Waals surface area contributed by atoms with Crippen LogP contribution in [0.1, 0.15) is 53.4 Å². The predicted molar refractivity (Wildman–Crippen MR) is 207 cm³/mol. The Morgan fingerprint density at radius 2 is 1.77 bits per heavy atom. The van der Waals surface area contributed by atoms with Crippen molar-refractivity contribution in [1.82, 2.24) is 30.2 Å². The van der Waals surface area contributed by atoms with Crippen molar-refractivity contribution in [2.45, 2.75) is 56.2 Å². The van der Waals surface area contributed by atoms with E-state index in [1.54, 1.807) is 43.4 Å². The normalized spacial score (nSPS) is 18.7. The minimum Gasteiger partial charge on any atom is -0.497 e. The summed E-state index contributed by atoms with van der Waals surface area (Å²) < 4.78 is 77.0. The van der Waals surface area contributed by atoms with Gasteiger partial charge in [0.15, 0.2) is 33.5 Å². The lowest BCUT2D eigenvalue weighted by molar-refractivity contribution is -0.0405. The molecule has 13 nitrogen and oxygen atoms in total. The third kappa shape index (κ3) is 8.03. The van der Waals surface area contributed by atoms with Gasteiger partial charge in [-0.05, 0) is 79.8 Å². The molecule has 0 radical (unpaired) electrons. The second kappa shape index (κ2) is 15.9. The highest BCUT2D eigenvalue weighted by atomic mass is 32.2. The molecule has 0 spiro atoms. The van der Waals surface area contributed by atoms with Gasteiger partial charge in [-0.25, -0.2) is 26.9 Å². The molecule has 2 N–H and O–H groups in total. The largest absolute Gasteiger partial charge is 0.497 e. The number of methoxy groups -OCH3 is 2. The van der Waals surface area contributed by atoms with Gasteiger partial charge in [-0.1, -0.05) is 24.3 Å². The lowest BCUT2D eigenvalue weighted by Gasteiger charge is -2.41. The Labute approximate surface area is 324 Å². The Morgan fingerprint density at radius 3 is 2.39 bits per heavy atom. The molecule has 2 unspecified atom stereocenters. The van der Waals surface area contributed by atoms with E-state index in [9.17, 15) is 12.8 Å². The van der Waals surface area contributed by atoms with Gasteiger partial charge in [0.05, 0.1) is 43.1 Å². The quantitative estimate of drug-likeness (QED) is 0.157. The Balaban J connectivity index is 1.47. The van der Waals surface area contributed by atoms with E-state index in [0.29, 0.717) is 40.8 Å². The van der Waals surface area contributed by atoms with Crippen LogP contribution >= 0.6 is 0 Å². The van der Waals surface area contributed by atoms with Gasteiger partial charge < -0.3 is 24.4 Å². The highest BCUT2D eigenvalue weighted by molar-refractivity contribution is 7.90. The van der Waals surface area contributed by atoms with E-state index >= 15 is 4.39 Å². The third-order valence-corrected chi connectivity index (χ3v) is 10.9. The monoisotopic (exact) mass is 786 g/mol. The summed E-state index contributed by atoms with van der Waals surface area (Å²) in [6.45, 7) is 2.92. The zero-order valence-electron chi connectivity index (χ0n) is 31.8. The maximum atomic E-state index is 16.7. The smallest absolute Gasteiger partial charge is 0.217 e. The molecule has 0 aliphatic carbocycles. The van der Waals surface area contributed by atoms with Crippen molar-refractivity contribution >= 4 is 27.2 Å². The number of hydrogen-bond donors (Lipinski definition) is 2. The molecule has 4 heterocycles. The number of benzene rings is 3. The maximum Gasteiger partial charge on any atom is 0.217 e. The van der Waals surface area contributed by atoms with Crippen LogP contribution in [0.3, 0.4) is 0 Å². The van der Waals surface area contributed by atoms with Crippen LogP contribution in [0.2, 0.25) is 0 Å². The van der Waals surface area contributed by atoms with E-state index in [0.717, 1.165) is 42.8 Å². The van der Waals surface area contributed by atoms with Gasteiger partial charge in [0.2, 0.25) is 5.79 Å². The predicted octanol–water partition coefficient (Wildman–Crippen LogP) is 5.94. The SMILES string of the molecule is COC1=C(c2cnn(C)c2)NC(NCc2ccc(F)cc2)(c2ccc(S(C)(=O)=O)cc2F)N=C1N(Cc1ccc(OC)cc1)c1cc(C)n(C2CCCCO2)n1. The van der Waals surface area contributed by atoms with E-state index < -0.39 is 27.3 Å². The van der Waals surface area contributed by atoms with Crippen molar-refractivity contribution < 1.29 is 31.4 Å². The number of aromatic nitrogens is 4. The summed E-state index contributed by atoms with van der Waals surface area (Å²) in [4.78, 5) is 7.00. The highest BCUT2D eigenvalue weighted by Gasteiger charge is 2.43. The van der Waals surface area contributed by atoms with Gasteiger partial charge in [0, 0.05) is 50.0 Å². The summed E-state index contributed by atoms with van der Waals surface area (Å²) in [7, 11) is 1.14. The molecule has 1 saturated heterocycles. The number of rotatable bonds is 12. The van der Waals surface area contributed by atoms with Crippen molar-refractivity contribution in [1.29, 1.82) is 0 Å². The van der Waals surface area contributed by atoms with E-state index in [4.69, 9.17) is 24.3 Å². The second-order valence-corrected chi connectivity index (χ2v) is 15.8. The minimum atomic E-state index is -3.76. The van der Waals surface area contributed by atoms with Gasteiger partial charge in [-0.15, -0.1) is 0 Å². The first kappa shape index (κ1) is 38.7. The molecule has 2 aromatic heterocycles. The lowest BCUT2D eigenvalue weighted by atomic mass is 10.0. The molecule has 2 atom stereocenters. The summed E-state index contributed by atoms with van der Waals surface area (Å²) in [6, 6.07) is 19.1. The van der Waals surface area contributed by atoms with E-state index in [1.165, 1.54) is 31.4 Å². The molecular weight excluding hydrogens is 743 g/mol. The lowest BCUT2D eigenvalue weighted by Crippen LogP contribution is -2.56. The first-order valence-electron chi connectivity index (χ1n) is 18.1. The number of halogens is 2. The molecule has 3 aromatic carbocycles. The van der Waals surface area contributed by atoms with E-state index in [1.807, 2.05) is 46.8 Å². The van der Waals surface area contributed by atoms with Crippen molar-refractivity contribution in [3.63, 3.8) is 0 Å². The Hall–Kier alpha value is -5.58. The molecular formula is C40H44F2N8O5S. The molecule has 1 fully saturated rings. The van der Waals surface area contributed by atoms with Crippen molar-refractivity contribution in [3.05, 3.63) is 131 Å². The fourth-order valence-electron chi connectivity index (χ4n) is 6.86. The first-order valence-corrected chi connectivity index (χ1v) is 20.0. The standard InChI is InChI=1S/C40H44F2N8O5S/c1-26-20-35(47-50(26)36-8-6-7-19-55-36)49(24-28-11-15-31(53-3)16-12-28)39-38(54-4)37(29-23-44-48(2)25-29)45-40(46-39,43-22-27-9-13-30(41)14-10-27)33-18-17-32(21-34(33)42)56(5,51)52/h9-18,20-21,23,25,36,43,45H,6-8,19,22,24H2,1-5H3. The van der Waals surface area contributed by atoms with Gasteiger partial charge in [-0.2, -0.15) is 10.2 Å². The fraction of sp³-hybridized carbons (Fsp3) is 0.325. The topological polar surface area (TPSA) is 137 Å². The molecule has 56 heavy (non-hydrogen) atoms. The van der Waals surface area contributed by atoms with Crippen LogP contribution < -0.4 is 20.3 Å². The van der Waals surface area contributed by atoms with Gasteiger partial charge in [-0.3, -0.25) is 10.00 Å². The van der Waals surface area contributed by atoms with Crippen LogP contribution in [0.15, 0.2) is 101 Å². The van der Waals surface area contributed by atoms with Crippen LogP contribution in [0.4, 0.5) is 14.6 Å². The van der Waals surface area contributed by atoms with Crippen molar-refractivity contribution in [2.75, 3.05) is 32.0 Å². The van der Waals surface area contributed by atoms with Crippen LogP contribution in [0, 0.1) is 18.6 Å². The van der Waals surface area contributed by atoms with Crippen molar-refractivity contribution in [3.8, 4) is 5.75 Å². The molecule has 7 rings (SSSR count). The maximum absolute atomic E-state index is 16.7. The highest BCUT2D eigenvalue weighted by Crippen LogP contribution is 2.37. The number of nitrogens with zero attached hydrogens (tertiary/aromatic N) is 6. The Kier molecular flexibility index (Phi) is 11.0. The number of ether oxygens (including phenoxy) is 3. The first-order chi connectivity index (χ1) is 26.9. The summed E-state index contributed by atoms with van der Waals surface area (Å²) in [5.74, 6) is -1.27. The second-order valence-electron chi connectivity index (χ2n) is 13.8. The number of nitrogens with one attached hydrogen (secondary N) is 2. The van der Waals surface area contributed by atoms with Crippen LogP contribution in [-0.4, -0.2) is 60.9 Å². The zero-order valence-corrected chi connectivity index (χ0v) is 32.6. The summed E-state index contributed by atoms with van der Waals surface area (Å²) in [5.41, 5.74) is 3.41. The van der Waals surface area contributed by atoms with Crippen LogP contribution in [0.5, 0.6) is 5.75 Å². The fourth-order valence-corrected chi connectivity index (χ4v) is 7.50. The number of sulfone groups is 1. The third-order valence-electron chi connectivity index (χ3n) is 9.80. The molecule has 0 amide bonds. The number of aliphatic imine (C=N–C) groups is 1. The van der Waals surface area contributed by atoms with Crippen LogP contribution in [0.25, 0.3) is 5.70 Å². The Morgan fingerprint density at radius 1 is 1.02 bits per heavy atom. The molecule has 0 saturated carbocycles. The van der Waals surface area contributed by atoms with Gasteiger partial charge in [0.25, 0.3) is 0 Å². The minimum absolute atomic E-state index is 0.0113. The summed E-state index contributed by atoms with van der Waals surface area (Å²) >= 11 is 0. The Bertz CT molecular complexity index is 2370. The molecule has 294 valence electrons. The summed E-state index contributed by atoms with van der Waals surface area (Å²) in [5, 5.41) is 16.3. The number of amidine groups is 1. The molecule has 0 bridgehead atoms. The van der Waals surface area contributed by atoms with Gasteiger partial charge >= 0.3 is 0 Å². The summed E-state index contributed by atoms with van der Waals surface area (Å²) in [6.07, 6.45) is 6.98. The average Bonchev–Trinajstić information content (AvgIpc) is 3.81. The number of anilines is 1. The van der Waals surface area contributed by atoms with E-state index in [-0.39, 0.29) is 35.6 Å². The van der Waals surface area contributed by atoms with Crippen molar-refractivity contribution in [2.24, 2.45) is 12.0 Å². The molecule has 5 aromatic rings. The zero-order chi connectivity index (χ0) is 39.6. The van der Waals surface area contributed by atoms with Crippen LogP contribution in [-0.2, 0) is 45.2 Å². The van der Waals surface area contributed by atoms with Gasteiger partial charge in [0.1, 0.15) is 17.4 Å². The molecule has 2 aliphatic heterocycles. The number of aryl methyl sites for hydroxylation is 2. The average molecular weight is 787 g/mol. The van der Waals surface area contributed by atoms with E-state index in [2.05, 4.69) is 15.7 Å². The number of hydrogen-bond acceptors (Lipinski definition) is 11. The molecule has 16 heteroatoms. The molecule has 2 aliphatic rings.